The normalized spacial score (nSPS) is 19.8. The van der Waals surface area contributed by atoms with Crippen molar-refractivity contribution < 1.29 is 4.39 Å². The summed E-state index contributed by atoms with van der Waals surface area (Å²) in [6, 6.07) is 5.83. The fourth-order valence-corrected chi connectivity index (χ4v) is 2.52. The van der Waals surface area contributed by atoms with Crippen molar-refractivity contribution in [2.24, 2.45) is 5.73 Å². The van der Waals surface area contributed by atoms with Crippen LogP contribution in [0.3, 0.4) is 0 Å². The second-order valence-electron chi connectivity index (χ2n) is 5.21. The number of hydrogen-bond donors (Lipinski definition) is 1. The highest BCUT2D eigenvalue weighted by molar-refractivity contribution is 5.50. The van der Waals surface area contributed by atoms with Gasteiger partial charge in [-0.05, 0) is 57.2 Å². The SMILES string of the molecule is CN(C)C1CCN(c2cc(F)cc(CCN)c2)C1. The van der Waals surface area contributed by atoms with Gasteiger partial charge in [-0.15, -0.1) is 0 Å². The predicted octanol–water partition coefficient (Wildman–Crippen LogP) is 1.47. The zero-order chi connectivity index (χ0) is 13.1. The van der Waals surface area contributed by atoms with Crippen LogP contribution in [0.1, 0.15) is 12.0 Å². The Hall–Kier alpha value is -1.13. The van der Waals surface area contributed by atoms with E-state index < -0.39 is 0 Å². The summed E-state index contributed by atoms with van der Waals surface area (Å²) in [5.41, 5.74) is 7.51. The number of hydrogen-bond acceptors (Lipinski definition) is 3. The fourth-order valence-electron chi connectivity index (χ4n) is 2.52. The maximum absolute atomic E-state index is 13.6. The van der Waals surface area contributed by atoms with Crippen LogP contribution in [0, 0.1) is 5.82 Å². The Balaban J connectivity index is 2.13. The summed E-state index contributed by atoms with van der Waals surface area (Å²) in [4.78, 5) is 4.49. The van der Waals surface area contributed by atoms with E-state index in [4.69, 9.17) is 5.73 Å². The van der Waals surface area contributed by atoms with Gasteiger partial charge in [-0.1, -0.05) is 0 Å². The summed E-state index contributed by atoms with van der Waals surface area (Å²) >= 11 is 0. The van der Waals surface area contributed by atoms with Gasteiger partial charge in [-0.25, -0.2) is 4.39 Å². The molecule has 0 saturated carbocycles. The largest absolute Gasteiger partial charge is 0.370 e. The molecule has 0 aromatic heterocycles. The molecular weight excluding hydrogens is 229 g/mol. The minimum absolute atomic E-state index is 0.163. The Labute approximate surface area is 108 Å². The molecule has 2 N–H and O–H groups in total. The Morgan fingerprint density at radius 3 is 2.78 bits per heavy atom. The molecule has 1 fully saturated rings. The number of halogens is 1. The van der Waals surface area contributed by atoms with Crippen molar-refractivity contribution >= 4 is 5.69 Å². The number of nitrogens with zero attached hydrogens (tertiary/aromatic N) is 2. The molecule has 3 nitrogen and oxygen atoms in total. The summed E-state index contributed by atoms with van der Waals surface area (Å²) in [7, 11) is 4.19. The molecule has 1 aromatic rings. The minimum atomic E-state index is -0.163. The maximum Gasteiger partial charge on any atom is 0.125 e. The van der Waals surface area contributed by atoms with Crippen molar-refractivity contribution in [3.05, 3.63) is 29.6 Å². The fraction of sp³-hybridized carbons (Fsp3) is 0.571. The lowest BCUT2D eigenvalue weighted by Crippen LogP contribution is -2.31. The standard InChI is InChI=1S/C14H22FN3/c1-17(2)13-4-6-18(10-13)14-8-11(3-5-16)7-12(15)9-14/h7-9,13H,3-6,10,16H2,1-2H3. The maximum atomic E-state index is 13.6. The van der Waals surface area contributed by atoms with Gasteiger partial charge in [0.25, 0.3) is 0 Å². The van der Waals surface area contributed by atoms with E-state index in [1.54, 1.807) is 12.1 Å². The number of rotatable bonds is 4. The molecule has 1 aromatic carbocycles. The third-order valence-electron chi connectivity index (χ3n) is 3.63. The van der Waals surface area contributed by atoms with Gasteiger partial charge < -0.3 is 15.5 Å². The number of likely N-dealkylation sites (N-methyl/N-ethyl adjacent to an activating group) is 1. The van der Waals surface area contributed by atoms with Gasteiger partial charge in [0.2, 0.25) is 0 Å². The first-order valence-electron chi connectivity index (χ1n) is 6.51. The molecule has 1 unspecified atom stereocenters. The first kappa shape index (κ1) is 13.3. The van der Waals surface area contributed by atoms with Gasteiger partial charge in [0.1, 0.15) is 5.82 Å². The summed E-state index contributed by atoms with van der Waals surface area (Å²) in [5.74, 6) is -0.163. The molecule has 0 radical (unpaired) electrons. The molecule has 0 amide bonds. The Morgan fingerprint density at radius 2 is 2.17 bits per heavy atom. The Bertz CT molecular complexity index is 406. The van der Waals surface area contributed by atoms with E-state index in [0.29, 0.717) is 12.6 Å². The smallest absolute Gasteiger partial charge is 0.125 e. The van der Waals surface area contributed by atoms with Crippen molar-refractivity contribution in [2.75, 3.05) is 38.6 Å². The monoisotopic (exact) mass is 251 g/mol. The zero-order valence-corrected chi connectivity index (χ0v) is 11.2. The summed E-state index contributed by atoms with van der Waals surface area (Å²) in [6.45, 7) is 2.52. The van der Waals surface area contributed by atoms with E-state index in [-0.39, 0.29) is 5.82 Å². The van der Waals surface area contributed by atoms with Crippen LogP contribution in [0.5, 0.6) is 0 Å². The van der Waals surface area contributed by atoms with E-state index in [2.05, 4.69) is 30.0 Å². The molecular formula is C14H22FN3. The second kappa shape index (κ2) is 5.67. The highest BCUT2D eigenvalue weighted by Gasteiger charge is 2.24. The average molecular weight is 251 g/mol. The Kier molecular flexibility index (Phi) is 4.19. The van der Waals surface area contributed by atoms with Crippen LogP contribution in [0.15, 0.2) is 18.2 Å². The van der Waals surface area contributed by atoms with Crippen LogP contribution in [0.4, 0.5) is 10.1 Å². The molecule has 2 rings (SSSR count). The van der Waals surface area contributed by atoms with Gasteiger partial charge >= 0.3 is 0 Å². The van der Waals surface area contributed by atoms with E-state index >= 15 is 0 Å². The van der Waals surface area contributed by atoms with Gasteiger partial charge in [-0.3, -0.25) is 0 Å². The summed E-state index contributed by atoms with van der Waals surface area (Å²) < 4.78 is 13.6. The molecule has 1 aliphatic rings. The van der Waals surface area contributed by atoms with Crippen LogP contribution in [-0.2, 0) is 6.42 Å². The lowest BCUT2D eigenvalue weighted by atomic mass is 10.1. The third-order valence-corrected chi connectivity index (χ3v) is 3.63. The molecule has 4 heteroatoms. The van der Waals surface area contributed by atoms with Gasteiger partial charge in [0.05, 0.1) is 0 Å². The quantitative estimate of drug-likeness (QED) is 0.879. The predicted molar refractivity (Wildman–Crippen MR) is 73.5 cm³/mol. The molecule has 1 aliphatic heterocycles. The highest BCUT2D eigenvalue weighted by atomic mass is 19.1. The molecule has 1 heterocycles. The lowest BCUT2D eigenvalue weighted by molar-refractivity contribution is 0.315. The second-order valence-corrected chi connectivity index (χ2v) is 5.21. The van der Waals surface area contributed by atoms with Gasteiger partial charge in [0, 0.05) is 24.8 Å². The van der Waals surface area contributed by atoms with Crippen LogP contribution in [0.2, 0.25) is 0 Å². The topological polar surface area (TPSA) is 32.5 Å². The van der Waals surface area contributed by atoms with Crippen molar-refractivity contribution in [1.29, 1.82) is 0 Å². The summed E-state index contributed by atoms with van der Waals surface area (Å²) in [6.07, 6.45) is 1.87. The number of anilines is 1. The van der Waals surface area contributed by atoms with E-state index in [0.717, 1.165) is 37.2 Å². The molecule has 1 atom stereocenters. The molecule has 100 valence electrons. The van der Waals surface area contributed by atoms with E-state index in [1.807, 2.05) is 0 Å². The Morgan fingerprint density at radius 1 is 1.39 bits per heavy atom. The molecule has 0 bridgehead atoms. The van der Waals surface area contributed by atoms with Crippen LogP contribution in [-0.4, -0.2) is 44.7 Å². The van der Waals surface area contributed by atoms with Crippen LogP contribution in [0.25, 0.3) is 0 Å². The summed E-state index contributed by atoms with van der Waals surface area (Å²) in [5, 5.41) is 0. The van der Waals surface area contributed by atoms with Crippen molar-refractivity contribution in [2.45, 2.75) is 18.9 Å². The zero-order valence-electron chi connectivity index (χ0n) is 11.2. The molecule has 1 saturated heterocycles. The minimum Gasteiger partial charge on any atom is -0.370 e. The first-order chi connectivity index (χ1) is 8.60. The van der Waals surface area contributed by atoms with Crippen molar-refractivity contribution in [1.82, 2.24) is 4.90 Å². The number of nitrogens with two attached hydrogens (primary N) is 1. The third kappa shape index (κ3) is 3.00. The first-order valence-corrected chi connectivity index (χ1v) is 6.51. The van der Waals surface area contributed by atoms with Crippen LogP contribution >= 0.6 is 0 Å². The molecule has 0 aliphatic carbocycles. The molecule has 18 heavy (non-hydrogen) atoms. The highest BCUT2D eigenvalue weighted by Crippen LogP contribution is 2.24. The lowest BCUT2D eigenvalue weighted by Gasteiger charge is -2.22. The van der Waals surface area contributed by atoms with E-state index in [1.165, 1.54) is 0 Å². The van der Waals surface area contributed by atoms with Gasteiger partial charge in [0.15, 0.2) is 0 Å². The number of benzene rings is 1. The van der Waals surface area contributed by atoms with Crippen molar-refractivity contribution in [3.63, 3.8) is 0 Å². The van der Waals surface area contributed by atoms with Crippen LogP contribution < -0.4 is 10.6 Å². The van der Waals surface area contributed by atoms with Crippen molar-refractivity contribution in [3.8, 4) is 0 Å². The van der Waals surface area contributed by atoms with Gasteiger partial charge in [-0.2, -0.15) is 0 Å². The molecule has 0 spiro atoms. The van der Waals surface area contributed by atoms with E-state index in [9.17, 15) is 4.39 Å². The average Bonchev–Trinajstić information content (AvgIpc) is 2.78.